The van der Waals surface area contributed by atoms with Gasteiger partial charge in [0.1, 0.15) is 0 Å². The van der Waals surface area contributed by atoms with E-state index in [1.807, 2.05) is 0 Å². The molecule has 0 aromatic rings. The predicted molar refractivity (Wildman–Crippen MR) is 51.2 cm³/mol. The van der Waals surface area contributed by atoms with Crippen molar-refractivity contribution in [2.24, 2.45) is 0 Å². The highest BCUT2D eigenvalue weighted by Crippen LogP contribution is 2.48. The average molecular weight is 245 g/mol. The topological polar surface area (TPSA) is 63.2 Å². The van der Waals surface area contributed by atoms with E-state index >= 15 is 0 Å². The SMILES string of the molecule is C=CC(CCCl)(CCCl)P(=O)([O-])[O-]. The Morgan fingerprint density at radius 1 is 1.31 bits per heavy atom. The summed E-state index contributed by atoms with van der Waals surface area (Å²) in [7, 11) is -4.73. The molecule has 6 heteroatoms. The molecule has 13 heavy (non-hydrogen) atoms. The largest absolute Gasteiger partial charge is 0.810 e. The molecule has 0 saturated heterocycles. The van der Waals surface area contributed by atoms with Crippen LogP contribution in [0.4, 0.5) is 0 Å². The van der Waals surface area contributed by atoms with Gasteiger partial charge in [-0.1, -0.05) is 13.7 Å². The minimum atomic E-state index is -4.73. The van der Waals surface area contributed by atoms with Crippen molar-refractivity contribution in [2.45, 2.75) is 18.0 Å². The third-order valence-corrected chi connectivity index (χ3v) is 4.08. The summed E-state index contributed by atoms with van der Waals surface area (Å²) in [5, 5.41) is -1.48. The lowest BCUT2D eigenvalue weighted by atomic mass is 10.0. The molecule has 0 rings (SSSR count). The van der Waals surface area contributed by atoms with Crippen molar-refractivity contribution in [3.8, 4) is 0 Å². The molecule has 0 unspecified atom stereocenters. The van der Waals surface area contributed by atoms with Gasteiger partial charge in [-0.05, 0) is 12.8 Å². The van der Waals surface area contributed by atoms with Crippen LogP contribution in [0.25, 0.3) is 0 Å². The number of hydrogen-bond acceptors (Lipinski definition) is 3. The van der Waals surface area contributed by atoms with Crippen molar-refractivity contribution in [2.75, 3.05) is 11.8 Å². The minimum absolute atomic E-state index is 0.0645. The normalized spacial score (nSPS) is 12.9. The van der Waals surface area contributed by atoms with Crippen molar-refractivity contribution in [1.82, 2.24) is 0 Å². The van der Waals surface area contributed by atoms with Gasteiger partial charge in [-0.15, -0.1) is 29.8 Å². The Kier molecular flexibility index (Phi) is 5.57. The fourth-order valence-corrected chi connectivity index (χ4v) is 2.97. The van der Waals surface area contributed by atoms with Gasteiger partial charge < -0.3 is 14.4 Å². The van der Waals surface area contributed by atoms with Crippen LogP contribution >= 0.6 is 30.8 Å². The Hall–Kier alpha value is 0.470. The lowest BCUT2D eigenvalue weighted by molar-refractivity contribution is -0.319. The van der Waals surface area contributed by atoms with E-state index in [2.05, 4.69) is 6.58 Å². The second-order valence-corrected chi connectivity index (χ2v) is 5.32. The first-order chi connectivity index (χ1) is 5.93. The highest BCUT2D eigenvalue weighted by atomic mass is 35.5. The van der Waals surface area contributed by atoms with Crippen LogP contribution in [0.5, 0.6) is 0 Å². The van der Waals surface area contributed by atoms with Crippen LogP contribution in [0.1, 0.15) is 12.8 Å². The van der Waals surface area contributed by atoms with E-state index in [9.17, 15) is 14.4 Å². The van der Waals surface area contributed by atoms with Gasteiger partial charge in [-0.25, -0.2) is 0 Å². The minimum Gasteiger partial charge on any atom is -0.810 e. The monoisotopic (exact) mass is 244 g/mol. The van der Waals surface area contributed by atoms with Gasteiger partial charge in [0.05, 0.1) is 0 Å². The quantitative estimate of drug-likeness (QED) is 0.399. The molecule has 0 saturated carbocycles. The maximum absolute atomic E-state index is 10.9. The van der Waals surface area contributed by atoms with Crippen LogP contribution in [0.15, 0.2) is 12.7 Å². The number of hydrogen-bond donors (Lipinski definition) is 0. The smallest absolute Gasteiger partial charge is 0.0235 e. The van der Waals surface area contributed by atoms with Crippen molar-refractivity contribution < 1.29 is 14.4 Å². The fraction of sp³-hybridized carbons (Fsp3) is 0.714. The Morgan fingerprint density at radius 3 is 1.85 bits per heavy atom. The number of allylic oxidation sites excluding steroid dienone is 1. The molecular weight excluding hydrogens is 234 g/mol. The summed E-state index contributed by atoms with van der Waals surface area (Å²) in [5.74, 6) is 0.189. The van der Waals surface area contributed by atoms with Crippen LogP contribution in [0, 0.1) is 0 Å². The maximum Gasteiger partial charge on any atom is 0.0235 e. The zero-order valence-electron chi connectivity index (χ0n) is 7.04. The zero-order chi connectivity index (χ0) is 10.5. The fourth-order valence-electron chi connectivity index (χ4n) is 1.04. The van der Waals surface area contributed by atoms with Crippen LogP contribution in [-0.2, 0) is 4.57 Å². The lowest BCUT2D eigenvalue weighted by Crippen LogP contribution is -2.38. The number of rotatable bonds is 6. The van der Waals surface area contributed by atoms with E-state index in [1.54, 1.807) is 0 Å². The van der Waals surface area contributed by atoms with Crippen LogP contribution in [0.2, 0.25) is 0 Å². The van der Waals surface area contributed by atoms with E-state index in [-0.39, 0.29) is 24.6 Å². The number of halogens is 2. The van der Waals surface area contributed by atoms with Crippen molar-refractivity contribution in [1.29, 1.82) is 0 Å². The second kappa shape index (κ2) is 5.38. The van der Waals surface area contributed by atoms with E-state index in [4.69, 9.17) is 23.2 Å². The summed E-state index contributed by atoms with van der Waals surface area (Å²) in [6, 6.07) is 0. The van der Waals surface area contributed by atoms with E-state index < -0.39 is 12.8 Å². The second-order valence-electron chi connectivity index (χ2n) is 2.68. The molecule has 0 heterocycles. The van der Waals surface area contributed by atoms with Gasteiger partial charge in [0, 0.05) is 16.9 Å². The van der Waals surface area contributed by atoms with Crippen molar-refractivity contribution in [3.63, 3.8) is 0 Å². The molecule has 0 spiro atoms. The molecule has 0 amide bonds. The molecule has 0 aliphatic rings. The lowest BCUT2D eigenvalue weighted by Gasteiger charge is -2.47. The van der Waals surface area contributed by atoms with E-state index in [0.29, 0.717) is 0 Å². The predicted octanol–water partition coefficient (Wildman–Crippen LogP) is 1.08. The molecular formula is C7H11Cl2O3P-2. The molecule has 0 atom stereocenters. The molecule has 3 nitrogen and oxygen atoms in total. The molecule has 0 N–H and O–H groups in total. The Bertz CT molecular complexity index is 208. The van der Waals surface area contributed by atoms with Gasteiger partial charge >= 0.3 is 0 Å². The Morgan fingerprint density at radius 2 is 1.69 bits per heavy atom. The maximum atomic E-state index is 10.9. The highest BCUT2D eigenvalue weighted by molar-refractivity contribution is 7.50. The zero-order valence-corrected chi connectivity index (χ0v) is 9.45. The highest BCUT2D eigenvalue weighted by Gasteiger charge is 2.29. The molecule has 0 radical (unpaired) electrons. The average Bonchev–Trinajstić information content (AvgIpc) is 2.02. The van der Waals surface area contributed by atoms with Crippen molar-refractivity contribution in [3.05, 3.63) is 12.7 Å². The molecule has 78 valence electrons. The molecule has 0 aromatic carbocycles. The summed E-state index contributed by atoms with van der Waals surface area (Å²) < 4.78 is 10.9. The summed E-state index contributed by atoms with van der Waals surface area (Å²) in [6.07, 6.45) is 1.27. The first-order valence-electron chi connectivity index (χ1n) is 3.71. The van der Waals surface area contributed by atoms with Gasteiger partial charge in [0.2, 0.25) is 0 Å². The van der Waals surface area contributed by atoms with E-state index in [1.165, 1.54) is 0 Å². The molecule has 0 aliphatic carbocycles. The van der Waals surface area contributed by atoms with E-state index in [0.717, 1.165) is 6.08 Å². The standard InChI is InChI=1S/C7H13Cl2O3P/c1-2-7(3-5-8,4-6-9)13(10,11)12/h2H,1,3-6H2,(H2,10,11,12)/p-2. The summed E-state index contributed by atoms with van der Waals surface area (Å²) >= 11 is 10.8. The third-order valence-electron chi connectivity index (χ3n) is 1.98. The molecule has 0 aromatic heterocycles. The Balaban J connectivity index is 4.86. The first kappa shape index (κ1) is 13.5. The molecule has 0 aliphatic heterocycles. The van der Waals surface area contributed by atoms with Gasteiger partial charge in [-0.3, -0.25) is 0 Å². The third kappa shape index (κ3) is 3.26. The number of alkyl halides is 2. The van der Waals surface area contributed by atoms with Gasteiger partial charge in [-0.2, -0.15) is 0 Å². The van der Waals surface area contributed by atoms with Gasteiger partial charge in [0.15, 0.2) is 0 Å². The van der Waals surface area contributed by atoms with Crippen molar-refractivity contribution >= 4 is 30.8 Å². The first-order valence-corrected chi connectivity index (χ1v) is 6.32. The summed E-state index contributed by atoms with van der Waals surface area (Å²) in [6.45, 7) is 3.35. The summed E-state index contributed by atoms with van der Waals surface area (Å²) in [5.41, 5.74) is 0. The summed E-state index contributed by atoms with van der Waals surface area (Å²) in [4.78, 5) is 21.9. The van der Waals surface area contributed by atoms with Crippen LogP contribution < -0.4 is 9.79 Å². The molecule has 0 bridgehead atoms. The molecule has 0 fully saturated rings. The van der Waals surface area contributed by atoms with Crippen LogP contribution in [-0.4, -0.2) is 16.9 Å². The van der Waals surface area contributed by atoms with Gasteiger partial charge in [0.25, 0.3) is 0 Å². The Labute approximate surface area is 87.9 Å². The van der Waals surface area contributed by atoms with Crippen LogP contribution in [0.3, 0.4) is 0 Å².